The van der Waals surface area contributed by atoms with Crippen LogP contribution < -0.4 is 10.0 Å². The van der Waals surface area contributed by atoms with E-state index in [1.807, 2.05) is 25.1 Å². The number of urea groups is 1. The highest BCUT2D eigenvalue weighted by molar-refractivity contribution is 7.90. The monoisotopic (exact) mass is 415 g/mol. The summed E-state index contributed by atoms with van der Waals surface area (Å²) in [4.78, 5) is 14.5. The van der Waals surface area contributed by atoms with Gasteiger partial charge in [0.2, 0.25) is 0 Å². The van der Waals surface area contributed by atoms with Crippen molar-refractivity contribution >= 4 is 27.8 Å². The molecule has 0 spiro atoms. The number of nitrogens with one attached hydrogen (secondary N) is 2. The molecular formula is C20H25N5O3S. The van der Waals surface area contributed by atoms with E-state index in [9.17, 15) is 13.2 Å². The summed E-state index contributed by atoms with van der Waals surface area (Å²) in [5.41, 5.74) is 5.23. The zero-order valence-electron chi connectivity index (χ0n) is 16.6. The largest absolute Gasteiger partial charge is 0.333 e. The molecule has 1 aromatic heterocycles. The molecule has 4 rings (SSSR count). The number of carbonyl (C=O) groups is 1. The van der Waals surface area contributed by atoms with Gasteiger partial charge < -0.3 is 10.2 Å². The summed E-state index contributed by atoms with van der Waals surface area (Å²) in [5, 5.41) is 6.70. The van der Waals surface area contributed by atoms with Crippen LogP contribution in [-0.2, 0) is 35.8 Å². The van der Waals surface area contributed by atoms with Gasteiger partial charge in [-0.2, -0.15) is 13.5 Å². The number of benzene rings is 1. The van der Waals surface area contributed by atoms with Crippen LogP contribution in [0.15, 0.2) is 29.4 Å². The van der Waals surface area contributed by atoms with Crippen molar-refractivity contribution in [3.05, 3.63) is 46.7 Å². The van der Waals surface area contributed by atoms with Gasteiger partial charge in [-0.15, -0.1) is 0 Å². The van der Waals surface area contributed by atoms with Crippen LogP contribution in [0.3, 0.4) is 0 Å². The number of amides is 2. The fraction of sp³-hybridized carbons (Fsp3) is 0.400. The van der Waals surface area contributed by atoms with Crippen LogP contribution in [0.4, 0.5) is 10.5 Å². The van der Waals surface area contributed by atoms with Crippen molar-refractivity contribution in [2.24, 2.45) is 0 Å². The lowest BCUT2D eigenvalue weighted by atomic mass is 9.98. The van der Waals surface area contributed by atoms with Crippen LogP contribution in [0, 0.1) is 0 Å². The molecule has 1 heterocycles. The van der Waals surface area contributed by atoms with Crippen LogP contribution in [0.1, 0.15) is 28.7 Å². The van der Waals surface area contributed by atoms with E-state index >= 15 is 0 Å². The highest BCUT2D eigenvalue weighted by atomic mass is 32.2. The minimum Gasteiger partial charge on any atom is -0.308 e. The predicted octanol–water partition coefficient (Wildman–Crippen LogP) is 2.01. The summed E-state index contributed by atoms with van der Waals surface area (Å²) < 4.78 is 28.8. The standard InChI is InChI=1S/C20H25N5O3S/c1-24(2)11-12-25-10-9-18(22-25)29(27,28)23-20(26)21-19-16-7-3-5-14(16)13-15-6-4-8-17(15)19/h3,7,9-10,13H,4-6,8,11-12H2,1-2H3,(H2,21,23,26). The number of nitrogens with zero attached hydrogens (tertiary/aromatic N) is 3. The summed E-state index contributed by atoms with van der Waals surface area (Å²) in [6.45, 7) is 1.29. The first-order valence-corrected chi connectivity index (χ1v) is 11.2. The van der Waals surface area contributed by atoms with Gasteiger partial charge in [-0.25, -0.2) is 9.52 Å². The Balaban J connectivity index is 1.50. The SMILES string of the molecule is CN(C)CCn1ccc(S(=O)(=O)NC(=O)Nc2c3c(cc4c2CCC4)CC=C3)n1. The Labute approximate surface area is 170 Å². The van der Waals surface area contributed by atoms with Gasteiger partial charge in [-0.1, -0.05) is 18.2 Å². The third-order valence-electron chi connectivity index (χ3n) is 5.28. The molecule has 2 N–H and O–H groups in total. The van der Waals surface area contributed by atoms with E-state index < -0.39 is 16.1 Å². The number of hydrogen-bond acceptors (Lipinski definition) is 5. The van der Waals surface area contributed by atoms with Crippen LogP contribution >= 0.6 is 0 Å². The van der Waals surface area contributed by atoms with E-state index in [1.54, 1.807) is 10.9 Å². The molecule has 0 atom stereocenters. The second-order valence-corrected chi connectivity index (χ2v) is 9.33. The van der Waals surface area contributed by atoms with Gasteiger partial charge in [0.1, 0.15) is 0 Å². The van der Waals surface area contributed by atoms with Crippen molar-refractivity contribution in [1.82, 2.24) is 19.4 Å². The van der Waals surface area contributed by atoms with Gasteiger partial charge in [0.15, 0.2) is 5.03 Å². The van der Waals surface area contributed by atoms with E-state index in [0.717, 1.165) is 49.0 Å². The number of anilines is 1. The van der Waals surface area contributed by atoms with Crippen molar-refractivity contribution in [2.45, 2.75) is 37.3 Å². The fourth-order valence-electron chi connectivity index (χ4n) is 3.86. The highest BCUT2D eigenvalue weighted by Gasteiger charge is 2.25. The number of hydrogen-bond donors (Lipinski definition) is 2. The van der Waals surface area contributed by atoms with Gasteiger partial charge in [0, 0.05) is 18.3 Å². The van der Waals surface area contributed by atoms with Crippen LogP contribution in [0.25, 0.3) is 6.08 Å². The Morgan fingerprint density at radius 3 is 2.90 bits per heavy atom. The Bertz CT molecular complexity index is 1090. The lowest BCUT2D eigenvalue weighted by Crippen LogP contribution is -2.35. The summed E-state index contributed by atoms with van der Waals surface area (Å²) in [7, 11) is -0.191. The van der Waals surface area contributed by atoms with E-state index in [1.165, 1.54) is 17.2 Å². The predicted molar refractivity (Wildman–Crippen MR) is 111 cm³/mol. The molecular weight excluding hydrogens is 390 g/mol. The summed E-state index contributed by atoms with van der Waals surface area (Å²) >= 11 is 0. The van der Waals surface area contributed by atoms with Gasteiger partial charge >= 0.3 is 6.03 Å². The molecule has 9 heteroatoms. The second-order valence-electron chi connectivity index (χ2n) is 7.70. The molecule has 0 saturated carbocycles. The van der Waals surface area contributed by atoms with Gasteiger partial charge in [-0.05, 0) is 62.5 Å². The number of likely N-dealkylation sites (N-methyl/N-ethyl adjacent to an activating group) is 1. The first-order valence-electron chi connectivity index (χ1n) is 9.69. The zero-order chi connectivity index (χ0) is 20.6. The van der Waals surface area contributed by atoms with E-state index in [2.05, 4.69) is 27.3 Å². The van der Waals surface area contributed by atoms with Crippen molar-refractivity contribution in [2.75, 3.05) is 26.0 Å². The molecule has 0 radical (unpaired) electrons. The smallest absolute Gasteiger partial charge is 0.308 e. The fourth-order valence-corrected chi connectivity index (χ4v) is 4.71. The van der Waals surface area contributed by atoms with Crippen molar-refractivity contribution in [3.8, 4) is 0 Å². The lowest BCUT2D eigenvalue weighted by molar-refractivity contribution is 0.256. The quantitative estimate of drug-likeness (QED) is 0.752. The molecule has 0 bridgehead atoms. The molecule has 2 aliphatic rings. The Kier molecular flexibility index (Phi) is 5.18. The molecule has 0 unspecified atom stereocenters. The van der Waals surface area contributed by atoms with Gasteiger partial charge in [0.25, 0.3) is 10.0 Å². The van der Waals surface area contributed by atoms with E-state index in [-0.39, 0.29) is 5.03 Å². The number of aromatic nitrogens is 2. The Morgan fingerprint density at radius 1 is 1.28 bits per heavy atom. The Hall–Kier alpha value is -2.65. The normalized spacial score (nSPS) is 14.9. The molecule has 154 valence electrons. The van der Waals surface area contributed by atoms with Crippen LogP contribution in [0.5, 0.6) is 0 Å². The molecule has 0 saturated heterocycles. The lowest BCUT2D eigenvalue weighted by Gasteiger charge is -2.16. The summed E-state index contributed by atoms with van der Waals surface area (Å²) in [6.07, 6.45) is 9.39. The first kappa shape index (κ1) is 19.7. The Morgan fingerprint density at radius 2 is 2.10 bits per heavy atom. The average molecular weight is 416 g/mol. The summed E-state index contributed by atoms with van der Waals surface area (Å²) in [6, 6.07) is 2.83. The molecule has 8 nitrogen and oxygen atoms in total. The molecule has 2 amide bonds. The third kappa shape index (κ3) is 4.06. The topological polar surface area (TPSA) is 96.3 Å². The maximum atomic E-state index is 12.6. The summed E-state index contributed by atoms with van der Waals surface area (Å²) in [5.74, 6) is 0. The highest BCUT2D eigenvalue weighted by Crippen LogP contribution is 2.37. The average Bonchev–Trinajstić information content (AvgIpc) is 3.39. The number of fused-ring (bicyclic) bond motifs is 2. The maximum Gasteiger partial charge on any atom is 0.333 e. The molecule has 0 fully saturated rings. The van der Waals surface area contributed by atoms with Crippen LogP contribution in [0.2, 0.25) is 0 Å². The first-order chi connectivity index (χ1) is 13.8. The van der Waals surface area contributed by atoms with Gasteiger partial charge in [-0.3, -0.25) is 4.68 Å². The van der Waals surface area contributed by atoms with Crippen molar-refractivity contribution in [1.29, 1.82) is 0 Å². The minimum atomic E-state index is -4.05. The number of rotatable bonds is 6. The molecule has 0 aliphatic heterocycles. The number of allylic oxidation sites excluding steroid dienone is 1. The van der Waals surface area contributed by atoms with Crippen LogP contribution in [-0.4, -0.2) is 49.8 Å². The number of sulfonamides is 1. The van der Waals surface area contributed by atoms with Crippen molar-refractivity contribution < 1.29 is 13.2 Å². The maximum absolute atomic E-state index is 12.6. The molecule has 29 heavy (non-hydrogen) atoms. The zero-order valence-corrected chi connectivity index (χ0v) is 17.4. The minimum absolute atomic E-state index is 0.171. The van der Waals surface area contributed by atoms with E-state index in [0.29, 0.717) is 6.54 Å². The van der Waals surface area contributed by atoms with Gasteiger partial charge in [0.05, 0.1) is 12.2 Å². The second kappa shape index (κ2) is 7.64. The third-order valence-corrected chi connectivity index (χ3v) is 6.50. The van der Waals surface area contributed by atoms with E-state index in [4.69, 9.17) is 0 Å². The molecule has 2 aliphatic carbocycles. The number of carbonyl (C=O) groups excluding carboxylic acids is 1. The molecule has 1 aromatic carbocycles. The molecule has 2 aromatic rings. The van der Waals surface area contributed by atoms with Crippen molar-refractivity contribution in [3.63, 3.8) is 0 Å². The number of aryl methyl sites for hydroxylation is 1.